The SMILES string of the molecule is NC1CCN(c2nc3[nH]cc(CNC(Cc4ccccc4)c4ccccc4)c(=O)c3cc2F)C1. The zero-order valence-electron chi connectivity index (χ0n) is 18.9. The number of aromatic amines is 1. The standard InChI is InChI=1S/C27H28FN5O/c28-23-14-22-25(34)20(16-31-26(22)32-27(23)33-12-11-21(29)17-33)15-30-24(19-9-5-2-6-10-19)13-18-7-3-1-4-8-18/h1-10,14,16,21,24,30H,11-13,15,17,29H2,(H,31,32,34). The Morgan fingerprint density at radius 1 is 1.15 bits per heavy atom. The first kappa shape index (κ1) is 22.3. The molecule has 1 saturated heterocycles. The minimum absolute atomic E-state index is 0.0119. The average molecular weight is 458 g/mol. The first-order chi connectivity index (χ1) is 16.6. The van der Waals surface area contributed by atoms with E-state index in [0.717, 1.165) is 18.4 Å². The van der Waals surface area contributed by atoms with Gasteiger partial charge < -0.3 is 20.9 Å². The van der Waals surface area contributed by atoms with Gasteiger partial charge in [0.25, 0.3) is 0 Å². The third kappa shape index (κ3) is 4.71. The number of nitrogens with two attached hydrogens (primary N) is 1. The number of rotatable bonds is 7. The highest BCUT2D eigenvalue weighted by molar-refractivity contribution is 5.77. The molecule has 3 heterocycles. The van der Waals surface area contributed by atoms with Gasteiger partial charge in [-0.3, -0.25) is 4.79 Å². The molecule has 2 unspecified atom stereocenters. The van der Waals surface area contributed by atoms with Crippen LogP contribution in [0.1, 0.15) is 29.2 Å². The Hall–Kier alpha value is -3.55. The van der Waals surface area contributed by atoms with Gasteiger partial charge in [-0.1, -0.05) is 60.7 Å². The first-order valence-electron chi connectivity index (χ1n) is 11.6. The lowest BCUT2D eigenvalue weighted by Gasteiger charge is -2.20. The maximum Gasteiger partial charge on any atom is 0.195 e. The monoisotopic (exact) mass is 457 g/mol. The first-order valence-corrected chi connectivity index (χ1v) is 11.6. The van der Waals surface area contributed by atoms with Gasteiger partial charge in [0.05, 0.1) is 5.39 Å². The number of H-pyrrole nitrogens is 1. The molecule has 0 bridgehead atoms. The number of nitrogens with one attached hydrogen (secondary N) is 2. The Kier molecular flexibility index (Phi) is 6.38. The Morgan fingerprint density at radius 2 is 1.88 bits per heavy atom. The largest absolute Gasteiger partial charge is 0.353 e. The molecule has 4 N–H and O–H groups in total. The van der Waals surface area contributed by atoms with Crippen LogP contribution in [0.15, 0.2) is 77.7 Å². The van der Waals surface area contributed by atoms with Gasteiger partial charge in [0.2, 0.25) is 0 Å². The summed E-state index contributed by atoms with van der Waals surface area (Å²) in [4.78, 5) is 22.5. The van der Waals surface area contributed by atoms with E-state index in [2.05, 4.69) is 39.6 Å². The third-order valence-electron chi connectivity index (χ3n) is 6.42. The molecule has 2 aromatic carbocycles. The normalized spacial score (nSPS) is 16.8. The Labute approximate surface area is 197 Å². The molecule has 5 rings (SSSR count). The third-order valence-corrected chi connectivity index (χ3v) is 6.42. The van der Waals surface area contributed by atoms with E-state index >= 15 is 0 Å². The van der Waals surface area contributed by atoms with Crippen molar-refractivity contribution in [2.75, 3.05) is 18.0 Å². The summed E-state index contributed by atoms with van der Waals surface area (Å²) >= 11 is 0. The van der Waals surface area contributed by atoms with Crippen LogP contribution >= 0.6 is 0 Å². The van der Waals surface area contributed by atoms with Crippen molar-refractivity contribution >= 4 is 16.9 Å². The van der Waals surface area contributed by atoms with E-state index < -0.39 is 5.82 Å². The summed E-state index contributed by atoms with van der Waals surface area (Å²) in [6, 6.07) is 21.7. The van der Waals surface area contributed by atoms with Crippen molar-refractivity contribution in [1.82, 2.24) is 15.3 Å². The Balaban J connectivity index is 1.40. The molecule has 0 aliphatic carbocycles. The zero-order chi connectivity index (χ0) is 23.5. The van der Waals surface area contributed by atoms with Gasteiger partial charge in [0, 0.05) is 43.5 Å². The number of nitrogens with zero attached hydrogens (tertiary/aromatic N) is 2. The lowest BCUT2D eigenvalue weighted by Crippen LogP contribution is -2.28. The fourth-order valence-electron chi connectivity index (χ4n) is 4.57. The lowest BCUT2D eigenvalue weighted by molar-refractivity contribution is 0.529. The fraction of sp³-hybridized carbons (Fsp3) is 0.259. The predicted octanol–water partition coefficient (Wildman–Crippen LogP) is 3.67. The number of hydrogen-bond donors (Lipinski definition) is 3. The quantitative estimate of drug-likeness (QED) is 0.394. The summed E-state index contributed by atoms with van der Waals surface area (Å²) in [5.41, 5.74) is 9.01. The molecule has 1 aliphatic heterocycles. The van der Waals surface area contributed by atoms with E-state index in [1.54, 1.807) is 6.20 Å². The summed E-state index contributed by atoms with van der Waals surface area (Å²) in [7, 11) is 0. The maximum absolute atomic E-state index is 14.9. The molecule has 0 amide bonds. The summed E-state index contributed by atoms with van der Waals surface area (Å²) < 4.78 is 14.9. The molecule has 1 aliphatic rings. The van der Waals surface area contributed by atoms with Crippen molar-refractivity contribution < 1.29 is 4.39 Å². The van der Waals surface area contributed by atoms with E-state index in [9.17, 15) is 9.18 Å². The summed E-state index contributed by atoms with van der Waals surface area (Å²) in [6.45, 7) is 1.57. The van der Waals surface area contributed by atoms with Crippen LogP contribution in [0.3, 0.4) is 0 Å². The summed E-state index contributed by atoms with van der Waals surface area (Å²) in [5.74, 6) is -0.252. The number of fused-ring (bicyclic) bond motifs is 1. The number of anilines is 1. The van der Waals surface area contributed by atoms with Crippen molar-refractivity contribution in [2.24, 2.45) is 5.73 Å². The molecule has 2 aromatic heterocycles. The van der Waals surface area contributed by atoms with E-state index in [0.29, 0.717) is 30.8 Å². The van der Waals surface area contributed by atoms with Crippen molar-refractivity contribution in [2.45, 2.75) is 31.5 Å². The molecular weight excluding hydrogens is 429 g/mol. The van der Waals surface area contributed by atoms with Crippen LogP contribution in [0.4, 0.5) is 10.2 Å². The number of hydrogen-bond acceptors (Lipinski definition) is 5. The van der Waals surface area contributed by atoms with Crippen molar-refractivity contribution in [3.63, 3.8) is 0 Å². The molecule has 0 spiro atoms. The van der Waals surface area contributed by atoms with Crippen LogP contribution in [-0.2, 0) is 13.0 Å². The molecule has 7 heteroatoms. The number of benzene rings is 2. The van der Waals surface area contributed by atoms with Gasteiger partial charge in [0.1, 0.15) is 5.65 Å². The van der Waals surface area contributed by atoms with E-state index in [1.807, 2.05) is 41.3 Å². The Morgan fingerprint density at radius 3 is 2.59 bits per heavy atom. The van der Waals surface area contributed by atoms with Crippen LogP contribution < -0.4 is 21.4 Å². The molecule has 2 atom stereocenters. The molecular formula is C27H28FN5O. The van der Waals surface area contributed by atoms with Crippen LogP contribution in [0.5, 0.6) is 0 Å². The highest BCUT2D eigenvalue weighted by atomic mass is 19.1. The highest BCUT2D eigenvalue weighted by Crippen LogP contribution is 2.24. The van der Waals surface area contributed by atoms with Crippen molar-refractivity contribution in [3.05, 3.63) is 106 Å². The van der Waals surface area contributed by atoms with Crippen molar-refractivity contribution in [3.8, 4) is 0 Å². The van der Waals surface area contributed by atoms with Crippen LogP contribution in [0.2, 0.25) is 0 Å². The van der Waals surface area contributed by atoms with E-state index in [-0.39, 0.29) is 28.7 Å². The summed E-state index contributed by atoms with van der Waals surface area (Å²) in [5, 5.41) is 3.78. The topological polar surface area (TPSA) is 87.0 Å². The van der Waals surface area contributed by atoms with Crippen molar-refractivity contribution in [1.29, 1.82) is 0 Å². The highest BCUT2D eigenvalue weighted by Gasteiger charge is 2.24. The van der Waals surface area contributed by atoms with Crippen LogP contribution in [-0.4, -0.2) is 29.1 Å². The smallest absolute Gasteiger partial charge is 0.195 e. The molecule has 1 fully saturated rings. The van der Waals surface area contributed by atoms with E-state index in [1.165, 1.54) is 11.6 Å². The van der Waals surface area contributed by atoms with Gasteiger partial charge in [-0.15, -0.1) is 0 Å². The van der Waals surface area contributed by atoms with Gasteiger partial charge >= 0.3 is 0 Å². The minimum atomic E-state index is -0.497. The van der Waals surface area contributed by atoms with Gasteiger partial charge in [0.15, 0.2) is 17.1 Å². The molecule has 4 aromatic rings. The second-order valence-corrected chi connectivity index (χ2v) is 8.86. The van der Waals surface area contributed by atoms with Gasteiger partial charge in [-0.25, -0.2) is 9.37 Å². The van der Waals surface area contributed by atoms with Crippen LogP contribution in [0, 0.1) is 5.82 Å². The molecule has 34 heavy (non-hydrogen) atoms. The Bertz CT molecular complexity index is 1330. The second kappa shape index (κ2) is 9.75. The second-order valence-electron chi connectivity index (χ2n) is 8.86. The fourth-order valence-corrected chi connectivity index (χ4v) is 4.57. The average Bonchev–Trinajstić information content (AvgIpc) is 3.30. The predicted molar refractivity (Wildman–Crippen MR) is 133 cm³/mol. The van der Waals surface area contributed by atoms with Gasteiger partial charge in [-0.2, -0.15) is 0 Å². The maximum atomic E-state index is 14.9. The minimum Gasteiger partial charge on any atom is -0.353 e. The number of halogens is 1. The lowest BCUT2D eigenvalue weighted by atomic mass is 9.98. The number of aromatic nitrogens is 2. The summed E-state index contributed by atoms with van der Waals surface area (Å²) in [6.07, 6.45) is 3.26. The number of pyridine rings is 2. The molecule has 174 valence electrons. The molecule has 0 saturated carbocycles. The van der Waals surface area contributed by atoms with Crippen LogP contribution in [0.25, 0.3) is 11.0 Å². The molecule has 6 nitrogen and oxygen atoms in total. The zero-order valence-corrected chi connectivity index (χ0v) is 18.9. The van der Waals surface area contributed by atoms with E-state index in [4.69, 9.17) is 5.73 Å². The molecule has 0 radical (unpaired) electrons. The van der Waals surface area contributed by atoms with Gasteiger partial charge in [-0.05, 0) is 30.0 Å².